The van der Waals surface area contributed by atoms with Gasteiger partial charge in [-0.2, -0.15) is 0 Å². The summed E-state index contributed by atoms with van der Waals surface area (Å²) in [7, 11) is 0. The number of rotatable bonds is 5. The number of ether oxygens (including phenoxy) is 1. The molecule has 0 aliphatic carbocycles. The van der Waals surface area contributed by atoms with Gasteiger partial charge in [-0.1, -0.05) is 29.8 Å². The van der Waals surface area contributed by atoms with Gasteiger partial charge in [0, 0.05) is 13.2 Å². The number of hydrogen-bond acceptors (Lipinski definition) is 2. The molecule has 0 spiro atoms. The van der Waals surface area contributed by atoms with E-state index in [1.165, 1.54) is 30.4 Å². The van der Waals surface area contributed by atoms with Crippen molar-refractivity contribution in [1.82, 2.24) is 0 Å². The fourth-order valence-corrected chi connectivity index (χ4v) is 2.89. The third kappa shape index (κ3) is 4.11. The lowest BCUT2D eigenvalue weighted by atomic mass is 9.85. The number of nitrogens with two attached hydrogens (primary N) is 1. The van der Waals surface area contributed by atoms with E-state index in [1.54, 1.807) is 0 Å². The van der Waals surface area contributed by atoms with E-state index in [4.69, 9.17) is 10.5 Å². The van der Waals surface area contributed by atoms with Crippen molar-refractivity contribution in [3.8, 4) is 0 Å². The van der Waals surface area contributed by atoms with Crippen molar-refractivity contribution in [2.24, 2.45) is 17.6 Å². The van der Waals surface area contributed by atoms with Crippen LogP contribution in [-0.4, -0.2) is 19.8 Å². The summed E-state index contributed by atoms with van der Waals surface area (Å²) in [5.41, 5.74) is 8.71. The Morgan fingerprint density at radius 2 is 2.11 bits per heavy atom. The zero-order chi connectivity index (χ0) is 12.8. The Kier molecular flexibility index (Phi) is 5.21. The molecule has 2 nitrogen and oxygen atoms in total. The van der Waals surface area contributed by atoms with Crippen molar-refractivity contribution in [2.75, 3.05) is 19.8 Å². The van der Waals surface area contributed by atoms with Crippen LogP contribution in [0.1, 0.15) is 30.4 Å². The highest BCUT2D eigenvalue weighted by molar-refractivity contribution is 5.22. The van der Waals surface area contributed by atoms with Crippen LogP contribution in [0.15, 0.2) is 24.3 Å². The molecule has 0 radical (unpaired) electrons. The third-order valence-electron chi connectivity index (χ3n) is 3.95. The summed E-state index contributed by atoms with van der Waals surface area (Å²) in [5.74, 6) is 1.44. The van der Waals surface area contributed by atoms with Crippen LogP contribution in [0, 0.1) is 18.8 Å². The average Bonchev–Trinajstić information content (AvgIpc) is 2.39. The molecule has 0 amide bonds. The lowest BCUT2D eigenvalue weighted by Crippen LogP contribution is -2.24. The van der Waals surface area contributed by atoms with E-state index in [0.29, 0.717) is 5.92 Å². The van der Waals surface area contributed by atoms with E-state index in [2.05, 4.69) is 31.2 Å². The monoisotopic (exact) mass is 247 g/mol. The Bertz CT molecular complexity index is 358. The lowest BCUT2D eigenvalue weighted by molar-refractivity contribution is 0.0589. The highest BCUT2D eigenvalue weighted by Gasteiger charge is 2.18. The maximum absolute atomic E-state index is 5.94. The highest BCUT2D eigenvalue weighted by atomic mass is 16.5. The van der Waals surface area contributed by atoms with Crippen LogP contribution in [0.3, 0.4) is 0 Å². The largest absolute Gasteiger partial charge is 0.381 e. The standard InChI is InChI=1S/C16H25NO/c1-13-3-2-4-15(9-13)11-16(12-17)10-14-5-7-18-8-6-14/h2-4,9,14,16H,5-8,10-12,17H2,1H3. The summed E-state index contributed by atoms with van der Waals surface area (Å²) in [6, 6.07) is 8.80. The van der Waals surface area contributed by atoms with Crippen LogP contribution in [-0.2, 0) is 11.2 Å². The van der Waals surface area contributed by atoms with E-state index < -0.39 is 0 Å². The van der Waals surface area contributed by atoms with Gasteiger partial charge in [-0.15, -0.1) is 0 Å². The summed E-state index contributed by atoms with van der Waals surface area (Å²) in [6.45, 7) is 4.82. The van der Waals surface area contributed by atoms with E-state index >= 15 is 0 Å². The molecule has 1 atom stereocenters. The predicted octanol–water partition coefficient (Wildman–Crippen LogP) is 2.93. The first-order valence-electron chi connectivity index (χ1n) is 7.11. The van der Waals surface area contributed by atoms with Crippen molar-refractivity contribution in [2.45, 2.75) is 32.6 Å². The van der Waals surface area contributed by atoms with Gasteiger partial charge in [0.25, 0.3) is 0 Å². The average molecular weight is 247 g/mol. The number of hydrogen-bond donors (Lipinski definition) is 1. The Morgan fingerprint density at radius 1 is 1.33 bits per heavy atom. The van der Waals surface area contributed by atoms with Crippen LogP contribution in [0.25, 0.3) is 0 Å². The van der Waals surface area contributed by atoms with Crippen molar-refractivity contribution in [3.05, 3.63) is 35.4 Å². The van der Waals surface area contributed by atoms with Crippen LogP contribution >= 0.6 is 0 Å². The minimum atomic E-state index is 0.620. The molecule has 1 aliphatic heterocycles. The van der Waals surface area contributed by atoms with Crippen LogP contribution in [0.2, 0.25) is 0 Å². The minimum absolute atomic E-state index is 0.620. The van der Waals surface area contributed by atoms with Crippen LogP contribution in [0.4, 0.5) is 0 Å². The zero-order valence-corrected chi connectivity index (χ0v) is 11.4. The van der Waals surface area contributed by atoms with E-state index in [0.717, 1.165) is 32.1 Å². The SMILES string of the molecule is Cc1cccc(CC(CN)CC2CCOCC2)c1. The minimum Gasteiger partial charge on any atom is -0.381 e. The van der Waals surface area contributed by atoms with Gasteiger partial charge in [-0.25, -0.2) is 0 Å². The van der Waals surface area contributed by atoms with Crippen molar-refractivity contribution in [1.29, 1.82) is 0 Å². The summed E-state index contributed by atoms with van der Waals surface area (Å²) < 4.78 is 5.42. The van der Waals surface area contributed by atoms with Gasteiger partial charge in [-0.3, -0.25) is 0 Å². The van der Waals surface area contributed by atoms with Gasteiger partial charge in [0.15, 0.2) is 0 Å². The first-order valence-corrected chi connectivity index (χ1v) is 7.11. The zero-order valence-electron chi connectivity index (χ0n) is 11.4. The second-order valence-corrected chi connectivity index (χ2v) is 5.59. The normalized spacial score (nSPS) is 18.8. The molecule has 0 aromatic heterocycles. The second-order valence-electron chi connectivity index (χ2n) is 5.59. The summed E-state index contributed by atoms with van der Waals surface area (Å²) in [6.07, 6.45) is 4.80. The predicted molar refractivity (Wildman–Crippen MR) is 75.6 cm³/mol. The quantitative estimate of drug-likeness (QED) is 0.868. The van der Waals surface area contributed by atoms with Crippen LogP contribution in [0.5, 0.6) is 0 Å². The van der Waals surface area contributed by atoms with Gasteiger partial charge in [0.1, 0.15) is 0 Å². The molecular formula is C16H25NO. The van der Waals surface area contributed by atoms with Gasteiger partial charge in [0.05, 0.1) is 0 Å². The molecule has 2 rings (SSSR count). The van der Waals surface area contributed by atoms with Crippen molar-refractivity contribution >= 4 is 0 Å². The molecule has 0 bridgehead atoms. The molecule has 2 N–H and O–H groups in total. The van der Waals surface area contributed by atoms with Gasteiger partial charge in [-0.05, 0) is 56.6 Å². The highest BCUT2D eigenvalue weighted by Crippen LogP contribution is 2.24. The third-order valence-corrected chi connectivity index (χ3v) is 3.95. The van der Waals surface area contributed by atoms with Crippen molar-refractivity contribution < 1.29 is 4.74 Å². The summed E-state index contributed by atoms with van der Waals surface area (Å²) >= 11 is 0. The van der Waals surface area contributed by atoms with E-state index in [-0.39, 0.29) is 0 Å². The molecule has 18 heavy (non-hydrogen) atoms. The maximum atomic E-state index is 5.94. The fourth-order valence-electron chi connectivity index (χ4n) is 2.89. The smallest absolute Gasteiger partial charge is 0.0468 e. The first-order chi connectivity index (χ1) is 8.78. The lowest BCUT2D eigenvalue weighted by Gasteiger charge is -2.26. The molecule has 0 saturated carbocycles. The van der Waals surface area contributed by atoms with E-state index in [1.807, 2.05) is 0 Å². The topological polar surface area (TPSA) is 35.2 Å². The maximum Gasteiger partial charge on any atom is 0.0468 e. The first kappa shape index (κ1) is 13.6. The van der Waals surface area contributed by atoms with Gasteiger partial charge < -0.3 is 10.5 Å². The second kappa shape index (κ2) is 6.91. The molecule has 1 aromatic carbocycles. The molecule has 1 saturated heterocycles. The summed E-state index contributed by atoms with van der Waals surface area (Å²) in [5, 5.41) is 0. The fraction of sp³-hybridized carbons (Fsp3) is 0.625. The van der Waals surface area contributed by atoms with Crippen LogP contribution < -0.4 is 5.73 Å². The Morgan fingerprint density at radius 3 is 2.78 bits per heavy atom. The molecule has 1 aromatic rings. The Hall–Kier alpha value is -0.860. The van der Waals surface area contributed by atoms with Gasteiger partial charge >= 0.3 is 0 Å². The molecule has 1 fully saturated rings. The molecule has 100 valence electrons. The molecule has 1 heterocycles. The molecular weight excluding hydrogens is 222 g/mol. The molecule has 1 aliphatic rings. The van der Waals surface area contributed by atoms with Crippen molar-refractivity contribution in [3.63, 3.8) is 0 Å². The van der Waals surface area contributed by atoms with E-state index in [9.17, 15) is 0 Å². The number of aryl methyl sites for hydroxylation is 1. The summed E-state index contributed by atoms with van der Waals surface area (Å²) in [4.78, 5) is 0. The molecule has 2 heteroatoms. The Balaban J connectivity index is 1.88. The van der Waals surface area contributed by atoms with Gasteiger partial charge in [0.2, 0.25) is 0 Å². The molecule has 1 unspecified atom stereocenters. The Labute approximate surface area is 111 Å². The number of benzene rings is 1.